The normalized spacial score (nSPS) is 10.6. The third-order valence-electron chi connectivity index (χ3n) is 2.78. The number of nitrogens with zero attached hydrogens (tertiary/aromatic N) is 4. The fourth-order valence-electron chi connectivity index (χ4n) is 1.76. The topological polar surface area (TPSA) is 81.9 Å². The average Bonchev–Trinajstić information content (AvgIpc) is 2.97. The van der Waals surface area contributed by atoms with Crippen LogP contribution in [0.4, 0.5) is 5.00 Å². The molecule has 0 aliphatic carbocycles. The Morgan fingerprint density at radius 3 is 3.00 bits per heavy atom. The highest BCUT2D eigenvalue weighted by molar-refractivity contribution is 7.10. The van der Waals surface area contributed by atoms with Crippen molar-refractivity contribution >= 4 is 22.5 Å². The second-order valence-corrected chi connectivity index (χ2v) is 5.00. The molecule has 108 valence electrons. The molecule has 8 heteroatoms. The van der Waals surface area contributed by atoms with E-state index in [1.54, 1.807) is 20.2 Å². The first-order chi connectivity index (χ1) is 9.63. The molecule has 1 N–H and O–H groups in total. The van der Waals surface area contributed by atoms with Gasteiger partial charge in [-0.3, -0.25) is 0 Å². The lowest BCUT2D eigenvalue weighted by atomic mass is 10.2. The van der Waals surface area contributed by atoms with Crippen LogP contribution in [-0.2, 0) is 18.2 Å². The van der Waals surface area contributed by atoms with Gasteiger partial charge in [-0.25, -0.2) is 4.79 Å². The maximum Gasteiger partial charge on any atom is 0.343 e. The van der Waals surface area contributed by atoms with E-state index in [1.165, 1.54) is 11.5 Å². The molecule has 2 heterocycles. The zero-order valence-electron chi connectivity index (χ0n) is 11.7. The van der Waals surface area contributed by atoms with Gasteiger partial charge in [0.2, 0.25) is 0 Å². The van der Waals surface area contributed by atoms with Crippen molar-refractivity contribution in [3.8, 4) is 0 Å². The van der Waals surface area contributed by atoms with E-state index in [4.69, 9.17) is 4.74 Å². The van der Waals surface area contributed by atoms with Crippen molar-refractivity contribution in [3.05, 3.63) is 23.4 Å². The summed E-state index contributed by atoms with van der Waals surface area (Å²) < 4.78 is 11.1. The van der Waals surface area contributed by atoms with Gasteiger partial charge in [-0.05, 0) is 25.4 Å². The fourth-order valence-corrected chi connectivity index (χ4v) is 2.56. The van der Waals surface area contributed by atoms with Gasteiger partial charge in [0.25, 0.3) is 0 Å². The van der Waals surface area contributed by atoms with Gasteiger partial charge in [0.15, 0.2) is 0 Å². The van der Waals surface area contributed by atoms with Gasteiger partial charge in [0, 0.05) is 20.0 Å². The maximum atomic E-state index is 11.9. The molecule has 0 aromatic carbocycles. The monoisotopic (exact) mass is 295 g/mol. The van der Waals surface area contributed by atoms with E-state index in [2.05, 4.69) is 19.9 Å². The number of aryl methyl sites for hydroxylation is 2. The van der Waals surface area contributed by atoms with Gasteiger partial charge in [0.1, 0.15) is 22.7 Å². The van der Waals surface area contributed by atoms with Crippen LogP contribution in [0, 0.1) is 6.92 Å². The van der Waals surface area contributed by atoms with Crippen LogP contribution < -0.4 is 5.32 Å². The summed E-state index contributed by atoms with van der Waals surface area (Å²) in [5, 5.41) is 11.8. The lowest BCUT2D eigenvalue weighted by Gasteiger charge is -2.06. The minimum Gasteiger partial charge on any atom is -0.462 e. The summed E-state index contributed by atoms with van der Waals surface area (Å²) in [6.45, 7) is 4.60. The molecule has 0 amide bonds. The Kier molecular flexibility index (Phi) is 4.67. The van der Waals surface area contributed by atoms with Crippen LogP contribution in [0.2, 0.25) is 0 Å². The molecule has 2 rings (SSSR count). The number of carbonyl (C=O) groups is 1. The molecule has 0 aliphatic rings. The number of ether oxygens (including phenoxy) is 1. The van der Waals surface area contributed by atoms with Crippen LogP contribution in [-0.4, -0.2) is 38.3 Å². The van der Waals surface area contributed by atoms with E-state index in [0.717, 1.165) is 17.2 Å². The Labute approximate surface area is 121 Å². The molecular weight excluding hydrogens is 278 g/mol. The highest BCUT2D eigenvalue weighted by atomic mass is 32.1. The number of hydrogen-bond acceptors (Lipinski definition) is 7. The van der Waals surface area contributed by atoms with E-state index >= 15 is 0 Å². The van der Waals surface area contributed by atoms with Crippen molar-refractivity contribution < 1.29 is 9.53 Å². The summed E-state index contributed by atoms with van der Waals surface area (Å²) in [6, 6.07) is 0. The molecule has 0 spiro atoms. The SMILES string of the molecule is CCOC(=O)c1c(C)nsc1NCCc1nncn1C. The largest absolute Gasteiger partial charge is 0.462 e. The molecule has 0 saturated heterocycles. The first-order valence-corrected chi connectivity index (χ1v) is 7.11. The van der Waals surface area contributed by atoms with Crippen molar-refractivity contribution in [1.29, 1.82) is 0 Å². The summed E-state index contributed by atoms with van der Waals surface area (Å²) in [5.41, 5.74) is 1.21. The van der Waals surface area contributed by atoms with Gasteiger partial charge < -0.3 is 14.6 Å². The summed E-state index contributed by atoms with van der Waals surface area (Å²) in [4.78, 5) is 11.9. The molecule has 2 aromatic rings. The van der Waals surface area contributed by atoms with Crippen molar-refractivity contribution in [1.82, 2.24) is 19.1 Å². The lowest BCUT2D eigenvalue weighted by molar-refractivity contribution is 0.0527. The van der Waals surface area contributed by atoms with Crippen molar-refractivity contribution in [2.45, 2.75) is 20.3 Å². The molecule has 0 radical (unpaired) electrons. The van der Waals surface area contributed by atoms with Gasteiger partial charge in [-0.2, -0.15) is 4.37 Å². The molecule has 0 saturated carbocycles. The smallest absolute Gasteiger partial charge is 0.343 e. The highest BCUT2D eigenvalue weighted by Crippen LogP contribution is 2.25. The van der Waals surface area contributed by atoms with Crippen LogP contribution in [0.3, 0.4) is 0 Å². The number of rotatable bonds is 6. The minimum absolute atomic E-state index is 0.333. The highest BCUT2D eigenvalue weighted by Gasteiger charge is 2.19. The van der Waals surface area contributed by atoms with E-state index in [9.17, 15) is 4.79 Å². The second kappa shape index (κ2) is 6.47. The number of hydrogen-bond donors (Lipinski definition) is 1. The van der Waals surface area contributed by atoms with Crippen molar-refractivity contribution in [2.75, 3.05) is 18.5 Å². The average molecular weight is 295 g/mol. The Bertz CT molecular complexity index is 592. The Morgan fingerprint density at radius 1 is 1.55 bits per heavy atom. The summed E-state index contributed by atoms with van der Waals surface area (Å²) in [7, 11) is 1.90. The minimum atomic E-state index is -0.333. The van der Waals surface area contributed by atoms with E-state index in [0.29, 0.717) is 24.4 Å². The summed E-state index contributed by atoms with van der Waals surface area (Å²) in [5.74, 6) is 0.552. The van der Waals surface area contributed by atoms with Gasteiger partial charge in [-0.15, -0.1) is 10.2 Å². The molecule has 2 aromatic heterocycles. The van der Waals surface area contributed by atoms with Crippen molar-refractivity contribution in [2.24, 2.45) is 7.05 Å². The zero-order valence-corrected chi connectivity index (χ0v) is 12.5. The molecule has 7 nitrogen and oxygen atoms in total. The molecule has 0 bridgehead atoms. The van der Waals surface area contributed by atoms with Gasteiger partial charge in [0.05, 0.1) is 12.3 Å². The summed E-state index contributed by atoms with van der Waals surface area (Å²) >= 11 is 1.27. The number of carbonyl (C=O) groups excluding carboxylic acids is 1. The zero-order chi connectivity index (χ0) is 14.5. The number of aromatic nitrogens is 4. The third kappa shape index (κ3) is 3.13. The molecule has 0 atom stereocenters. The van der Waals surface area contributed by atoms with E-state index in [-0.39, 0.29) is 5.97 Å². The molecular formula is C12H17N5O2S. The maximum absolute atomic E-state index is 11.9. The van der Waals surface area contributed by atoms with E-state index < -0.39 is 0 Å². The Hall–Kier alpha value is -1.96. The van der Waals surface area contributed by atoms with Crippen LogP contribution in [0.5, 0.6) is 0 Å². The predicted octanol–water partition coefficient (Wildman–Crippen LogP) is 1.41. The summed E-state index contributed by atoms with van der Waals surface area (Å²) in [6.07, 6.45) is 2.38. The van der Waals surface area contributed by atoms with Crippen LogP contribution >= 0.6 is 11.5 Å². The quantitative estimate of drug-likeness (QED) is 0.811. The van der Waals surface area contributed by atoms with Gasteiger partial charge >= 0.3 is 5.97 Å². The predicted molar refractivity (Wildman–Crippen MR) is 76.0 cm³/mol. The number of nitrogens with one attached hydrogen (secondary N) is 1. The van der Waals surface area contributed by atoms with Crippen molar-refractivity contribution in [3.63, 3.8) is 0 Å². The van der Waals surface area contributed by atoms with Crippen LogP contribution in [0.15, 0.2) is 6.33 Å². The van der Waals surface area contributed by atoms with Crippen LogP contribution in [0.25, 0.3) is 0 Å². The Morgan fingerprint density at radius 2 is 2.35 bits per heavy atom. The second-order valence-electron chi connectivity index (χ2n) is 4.23. The first-order valence-electron chi connectivity index (χ1n) is 6.33. The molecule has 0 unspecified atom stereocenters. The molecule has 0 fully saturated rings. The third-order valence-corrected chi connectivity index (χ3v) is 3.68. The first kappa shape index (κ1) is 14.4. The lowest BCUT2D eigenvalue weighted by Crippen LogP contribution is -2.12. The number of anilines is 1. The van der Waals surface area contributed by atoms with Crippen LogP contribution in [0.1, 0.15) is 28.8 Å². The number of esters is 1. The van der Waals surface area contributed by atoms with E-state index in [1.807, 2.05) is 11.6 Å². The standard InChI is InChI=1S/C12H17N5O2S/c1-4-19-12(18)10-8(2)16-20-11(10)13-6-5-9-15-14-7-17(9)3/h7,13H,4-6H2,1-3H3. The molecule has 20 heavy (non-hydrogen) atoms. The van der Waals surface area contributed by atoms with Gasteiger partial charge in [-0.1, -0.05) is 0 Å². The Balaban J connectivity index is 1.99. The molecule has 0 aliphatic heterocycles. The fraction of sp³-hybridized carbons (Fsp3) is 0.500.